The highest BCUT2D eigenvalue weighted by atomic mass is 16.2. The van der Waals surface area contributed by atoms with Crippen LogP contribution in [0.1, 0.15) is 49.0 Å². The predicted molar refractivity (Wildman–Crippen MR) is 84.4 cm³/mol. The van der Waals surface area contributed by atoms with Gasteiger partial charge in [0.25, 0.3) is 5.91 Å². The van der Waals surface area contributed by atoms with Crippen LogP contribution in [0.15, 0.2) is 18.2 Å². The molecule has 0 aromatic heterocycles. The van der Waals surface area contributed by atoms with Crippen molar-refractivity contribution in [2.24, 2.45) is 5.92 Å². The quantitative estimate of drug-likeness (QED) is 0.873. The van der Waals surface area contributed by atoms with E-state index in [-0.39, 0.29) is 11.8 Å². The smallest absolute Gasteiger partial charge is 0.253 e. The van der Waals surface area contributed by atoms with Crippen molar-refractivity contribution >= 4 is 17.5 Å². The first-order chi connectivity index (χ1) is 10.0. The highest BCUT2D eigenvalue weighted by molar-refractivity contribution is 5.97. The molecule has 4 heteroatoms. The summed E-state index contributed by atoms with van der Waals surface area (Å²) in [4.78, 5) is 25.8. The number of nitrogens with zero attached hydrogens (tertiary/aromatic N) is 1. The zero-order chi connectivity index (χ0) is 15.4. The number of benzene rings is 1. The van der Waals surface area contributed by atoms with Crippen LogP contribution in [0.5, 0.6) is 0 Å². The maximum atomic E-state index is 12.7. The first-order valence-electron chi connectivity index (χ1n) is 7.68. The van der Waals surface area contributed by atoms with Gasteiger partial charge in [0.15, 0.2) is 0 Å². The third-order valence-corrected chi connectivity index (χ3v) is 3.75. The van der Waals surface area contributed by atoms with E-state index in [2.05, 4.69) is 12.2 Å². The molecule has 2 amide bonds. The summed E-state index contributed by atoms with van der Waals surface area (Å²) >= 11 is 0. The monoisotopic (exact) mass is 288 g/mol. The first kappa shape index (κ1) is 15.5. The van der Waals surface area contributed by atoms with Crippen LogP contribution >= 0.6 is 0 Å². The van der Waals surface area contributed by atoms with Gasteiger partial charge in [-0.1, -0.05) is 13.0 Å². The van der Waals surface area contributed by atoms with Crippen molar-refractivity contribution in [1.29, 1.82) is 0 Å². The zero-order valence-electron chi connectivity index (χ0n) is 13.1. The summed E-state index contributed by atoms with van der Waals surface area (Å²) in [5.74, 6) is 0.627. The van der Waals surface area contributed by atoms with Crippen LogP contribution < -0.4 is 5.32 Å². The number of amides is 2. The Morgan fingerprint density at radius 2 is 2.05 bits per heavy atom. The lowest BCUT2D eigenvalue weighted by molar-refractivity contribution is -0.114. The van der Waals surface area contributed by atoms with Crippen molar-refractivity contribution in [2.75, 3.05) is 18.4 Å². The summed E-state index contributed by atoms with van der Waals surface area (Å²) in [6, 6.07) is 5.52. The summed E-state index contributed by atoms with van der Waals surface area (Å²) in [7, 11) is 0. The van der Waals surface area contributed by atoms with Crippen LogP contribution in [-0.2, 0) is 4.79 Å². The van der Waals surface area contributed by atoms with Crippen molar-refractivity contribution in [3.05, 3.63) is 29.3 Å². The van der Waals surface area contributed by atoms with Gasteiger partial charge in [-0.3, -0.25) is 9.59 Å². The maximum absolute atomic E-state index is 12.7. The van der Waals surface area contributed by atoms with Crippen LogP contribution in [-0.4, -0.2) is 29.8 Å². The number of nitrogens with one attached hydrogen (secondary N) is 1. The normalized spacial score (nSPS) is 13.9. The highest BCUT2D eigenvalue weighted by Gasteiger charge is 2.27. The first-order valence-corrected chi connectivity index (χ1v) is 7.68. The molecule has 0 spiro atoms. The molecule has 0 bridgehead atoms. The SMILES string of the molecule is CCCN(CC1CC1)C(=O)c1ccc(C)c(NC(C)=O)c1. The van der Waals surface area contributed by atoms with Crippen LogP contribution in [0.2, 0.25) is 0 Å². The Kier molecular flexibility index (Phi) is 4.99. The van der Waals surface area contributed by atoms with Crippen molar-refractivity contribution in [3.63, 3.8) is 0 Å². The van der Waals surface area contributed by atoms with Crippen LogP contribution in [0.4, 0.5) is 5.69 Å². The van der Waals surface area contributed by atoms with E-state index >= 15 is 0 Å². The number of rotatable bonds is 6. The van der Waals surface area contributed by atoms with Gasteiger partial charge < -0.3 is 10.2 Å². The van der Waals surface area contributed by atoms with Crippen molar-refractivity contribution in [2.45, 2.75) is 40.0 Å². The molecule has 0 aliphatic heterocycles. The number of hydrogen-bond acceptors (Lipinski definition) is 2. The molecule has 2 rings (SSSR count). The van der Waals surface area contributed by atoms with Crippen LogP contribution in [0.3, 0.4) is 0 Å². The Balaban J connectivity index is 2.17. The van der Waals surface area contributed by atoms with Crippen LogP contribution in [0, 0.1) is 12.8 Å². The lowest BCUT2D eigenvalue weighted by Crippen LogP contribution is -2.33. The summed E-state index contributed by atoms with van der Waals surface area (Å²) in [5.41, 5.74) is 2.33. The number of anilines is 1. The Morgan fingerprint density at radius 3 is 2.62 bits per heavy atom. The van der Waals surface area contributed by atoms with Gasteiger partial charge in [0.05, 0.1) is 0 Å². The van der Waals surface area contributed by atoms with Gasteiger partial charge in [-0.05, 0) is 49.8 Å². The summed E-state index contributed by atoms with van der Waals surface area (Å²) in [6.07, 6.45) is 3.43. The summed E-state index contributed by atoms with van der Waals surface area (Å²) < 4.78 is 0. The molecule has 114 valence electrons. The number of aryl methyl sites for hydroxylation is 1. The van der Waals surface area contributed by atoms with Gasteiger partial charge in [-0.25, -0.2) is 0 Å². The zero-order valence-corrected chi connectivity index (χ0v) is 13.1. The minimum atomic E-state index is -0.119. The van der Waals surface area contributed by atoms with E-state index in [1.807, 2.05) is 24.0 Å². The molecule has 0 radical (unpaired) electrons. The Morgan fingerprint density at radius 1 is 1.33 bits per heavy atom. The molecular weight excluding hydrogens is 264 g/mol. The molecule has 1 saturated carbocycles. The number of carbonyl (C=O) groups excluding carboxylic acids is 2. The van der Waals surface area contributed by atoms with E-state index in [0.29, 0.717) is 11.5 Å². The molecular formula is C17H24N2O2. The van der Waals surface area contributed by atoms with E-state index in [1.54, 1.807) is 6.07 Å². The second-order valence-corrected chi connectivity index (χ2v) is 5.91. The summed E-state index contributed by atoms with van der Waals surface area (Å²) in [6.45, 7) is 7.14. The molecule has 4 nitrogen and oxygen atoms in total. The van der Waals surface area contributed by atoms with Gasteiger partial charge in [-0.15, -0.1) is 0 Å². The van der Waals surface area contributed by atoms with E-state index in [0.717, 1.165) is 30.8 Å². The Labute approximate surface area is 126 Å². The molecule has 1 aliphatic rings. The van der Waals surface area contributed by atoms with Gasteiger partial charge in [-0.2, -0.15) is 0 Å². The fourth-order valence-electron chi connectivity index (χ4n) is 2.42. The lowest BCUT2D eigenvalue weighted by Gasteiger charge is -2.22. The van der Waals surface area contributed by atoms with Crippen molar-refractivity contribution in [1.82, 2.24) is 4.90 Å². The molecule has 1 aromatic carbocycles. The molecule has 1 aromatic rings. The molecule has 21 heavy (non-hydrogen) atoms. The molecule has 0 atom stereocenters. The lowest BCUT2D eigenvalue weighted by atomic mass is 10.1. The molecule has 1 aliphatic carbocycles. The third kappa shape index (κ3) is 4.31. The fourth-order valence-corrected chi connectivity index (χ4v) is 2.42. The molecule has 1 fully saturated rings. The van der Waals surface area contributed by atoms with Crippen molar-refractivity contribution < 1.29 is 9.59 Å². The van der Waals surface area contributed by atoms with Gasteiger partial charge in [0, 0.05) is 31.3 Å². The van der Waals surface area contributed by atoms with Gasteiger partial charge >= 0.3 is 0 Å². The standard InChI is InChI=1S/C17H24N2O2/c1-4-9-19(11-14-6-7-14)17(21)15-8-5-12(2)16(10-15)18-13(3)20/h5,8,10,14H,4,6-7,9,11H2,1-3H3,(H,18,20). The summed E-state index contributed by atoms with van der Waals surface area (Å²) in [5, 5.41) is 2.78. The molecule has 0 unspecified atom stereocenters. The predicted octanol–water partition coefficient (Wildman–Crippen LogP) is 3.22. The number of hydrogen-bond donors (Lipinski definition) is 1. The minimum Gasteiger partial charge on any atom is -0.338 e. The molecule has 0 saturated heterocycles. The second-order valence-electron chi connectivity index (χ2n) is 5.91. The van der Waals surface area contributed by atoms with Crippen molar-refractivity contribution in [3.8, 4) is 0 Å². The number of carbonyl (C=O) groups is 2. The minimum absolute atomic E-state index is 0.0651. The average Bonchev–Trinajstić information content (AvgIpc) is 3.23. The topological polar surface area (TPSA) is 49.4 Å². The van der Waals surface area contributed by atoms with Gasteiger partial charge in [0.2, 0.25) is 5.91 Å². The third-order valence-electron chi connectivity index (χ3n) is 3.75. The fraction of sp³-hybridized carbons (Fsp3) is 0.529. The Hall–Kier alpha value is -1.84. The van der Waals surface area contributed by atoms with E-state index in [9.17, 15) is 9.59 Å². The van der Waals surface area contributed by atoms with Crippen LogP contribution in [0.25, 0.3) is 0 Å². The highest BCUT2D eigenvalue weighted by Crippen LogP contribution is 2.30. The van der Waals surface area contributed by atoms with E-state index < -0.39 is 0 Å². The molecule has 0 heterocycles. The Bertz CT molecular complexity index is 536. The second kappa shape index (κ2) is 6.74. The maximum Gasteiger partial charge on any atom is 0.253 e. The van der Waals surface area contributed by atoms with E-state index in [4.69, 9.17) is 0 Å². The van der Waals surface area contributed by atoms with E-state index in [1.165, 1.54) is 19.8 Å². The molecule has 1 N–H and O–H groups in total. The average molecular weight is 288 g/mol. The van der Waals surface area contributed by atoms with Gasteiger partial charge in [0.1, 0.15) is 0 Å². The largest absolute Gasteiger partial charge is 0.338 e.